The van der Waals surface area contributed by atoms with Gasteiger partial charge in [-0.2, -0.15) is 0 Å². The quantitative estimate of drug-likeness (QED) is 0.570. The van der Waals surface area contributed by atoms with Gasteiger partial charge >= 0.3 is 0 Å². The number of ether oxygens (including phenoxy) is 1. The number of anilines is 2. The molecule has 0 bridgehead atoms. The average Bonchev–Trinajstić information content (AvgIpc) is 2.80. The molecule has 0 radical (unpaired) electrons. The van der Waals surface area contributed by atoms with E-state index >= 15 is 0 Å². The molecular formula is C24H31ClFN5O2. The number of rotatable bonds is 6. The average molecular weight is 476 g/mol. The summed E-state index contributed by atoms with van der Waals surface area (Å²) in [5.41, 5.74) is 0.921. The minimum atomic E-state index is -0.423. The summed E-state index contributed by atoms with van der Waals surface area (Å²) in [6.07, 6.45) is 5.12. The lowest BCUT2D eigenvalue weighted by Gasteiger charge is -2.35. The van der Waals surface area contributed by atoms with Crippen LogP contribution in [0.1, 0.15) is 39.5 Å². The highest BCUT2D eigenvalue weighted by Gasteiger charge is 2.29. The van der Waals surface area contributed by atoms with Crippen LogP contribution in [0.2, 0.25) is 5.02 Å². The van der Waals surface area contributed by atoms with E-state index in [0.29, 0.717) is 47.7 Å². The molecular weight excluding hydrogens is 445 g/mol. The van der Waals surface area contributed by atoms with Crippen LogP contribution in [0, 0.1) is 17.7 Å². The van der Waals surface area contributed by atoms with E-state index in [2.05, 4.69) is 39.8 Å². The fourth-order valence-electron chi connectivity index (χ4n) is 4.50. The molecule has 2 aromatic rings. The standard InChI is InChI=1S/C24H31ClFN5O2/c1-24(2)11-15(7-9-33-24)12-29-22-19(26)5-6-20(30-22)17-10-21(28-14-18(17)25)31-23(32)16-4-3-8-27-13-16/h5-6,10,14-16,27H,3-4,7-9,11-13H2,1-2H3,(H,29,30)(H,28,31,32)/t15?,16-/m1/s1. The number of nitrogens with one attached hydrogen (secondary N) is 3. The Bertz CT molecular complexity index is 997. The van der Waals surface area contributed by atoms with Crippen molar-refractivity contribution in [2.45, 2.75) is 45.1 Å². The molecule has 9 heteroatoms. The van der Waals surface area contributed by atoms with Gasteiger partial charge in [0.05, 0.1) is 22.2 Å². The molecule has 2 fully saturated rings. The van der Waals surface area contributed by atoms with Crippen molar-refractivity contribution >= 4 is 29.1 Å². The second-order valence-electron chi connectivity index (χ2n) is 9.46. The zero-order chi connectivity index (χ0) is 23.4. The molecule has 0 saturated carbocycles. The molecule has 4 heterocycles. The van der Waals surface area contributed by atoms with Gasteiger partial charge in [-0.15, -0.1) is 0 Å². The molecule has 2 aromatic heterocycles. The number of piperidine rings is 1. The molecule has 7 nitrogen and oxygen atoms in total. The topological polar surface area (TPSA) is 88.2 Å². The van der Waals surface area contributed by atoms with Gasteiger partial charge in [-0.25, -0.2) is 14.4 Å². The number of carbonyl (C=O) groups is 1. The summed E-state index contributed by atoms with van der Waals surface area (Å²) in [6, 6.07) is 4.64. The molecule has 2 atom stereocenters. The third kappa shape index (κ3) is 6.19. The van der Waals surface area contributed by atoms with Crippen LogP contribution in [0.3, 0.4) is 0 Å². The van der Waals surface area contributed by atoms with Crippen LogP contribution in [0.4, 0.5) is 16.0 Å². The van der Waals surface area contributed by atoms with Crippen LogP contribution in [0.5, 0.6) is 0 Å². The van der Waals surface area contributed by atoms with Gasteiger partial charge in [0.15, 0.2) is 11.6 Å². The summed E-state index contributed by atoms with van der Waals surface area (Å²) in [4.78, 5) is 21.3. The van der Waals surface area contributed by atoms with Gasteiger partial charge in [-0.05, 0) is 70.2 Å². The molecule has 2 aliphatic rings. The van der Waals surface area contributed by atoms with E-state index in [4.69, 9.17) is 16.3 Å². The van der Waals surface area contributed by atoms with Crippen molar-refractivity contribution in [3.63, 3.8) is 0 Å². The summed E-state index contributed by atoms with van der Waals surface area (Å²) >= 11 is 6.39. The molecule has 178 valence electrons. The highest BCUT2D eigenvalue weighted by Crippen LogP contribution is 2.31. The maximum atomic E-state index is 14.5. The summed E-state index contributed by atoms with van der Waals surface area (Å²) in [6.45, 7) is 7.06. The Hall–Kier alpha value is -2.29. The van der Waals surface area contributed by atoms with Crippen LogP contribution in [0.25, 0.3) is 11.3 Å². The van der Waals surface area contributed by atoms with Crippen molar-refractivity contribution in [2.24, 2.45) is 11.8 Å². The number of pyridine rings is 2. The number of hydrogen-bond acceptors (Lipinski definition) is 6. The lowest BCUT2D eigenvalue weighted by Crippen LogP contribution is -2.37. The number of hydrogen-bond donors (Lipinski definition) is 3. The van der Waals surface area contributed by atoms with Crippen LogP contribution in [-0.2, 0) is 9.53 Å². The van der Waals surface area contributed by atoms with Gasteiger partial charge < -0.3 is 20.7 Å². The Morgan fingerprint density at radius 2 is 2.21 bits per heavy atom. The molecule has 1 unspecified atom stereocenters. The van der Waals surface area contributed by atoms with Crippen molar-refractivity contribution in [1.82, 2.24) is 15.3 Å². The molecule has 0 aromatic carbocycles. The van der Waals surface area contributed by atoms with E-state index in [0.717, 1.165) is 32.2 Å². The number of amides is 1. The van der Waals surface area contributed by atoms with E-state index in [1.807, 2.05) is 0 Å². The van der Waals surface area contributed by atoms with E-state index < -0.39 is 5.82 Å². The zero-order valence-corrected chi connectivity index (χ0v) is 19.8. The van der Waals surface area contributed by atoms with E-state index in [9.17, 15) is 9.18 Å². The summed E-state index contributed by atoms with van der Waals surface area (Å²) in [5.74, 6) is 0.373. The number of halogens is 2. The van der Waals surface area contributed by atoms with Gasteiger partial charge in [-0.3, -0.25) is 4.79 Å². The molecule has 3 N–H and O–H groups in total. The summed E-state index contributed by atoms with van der Waals surface area (Å²) in [7, 11) is 0. The molecule has 33 heavy (non-hydrogen) atoms. The van der Waals surface area contributed by atoms with Crippen molar-refractivity contribution in [3.8, 4) is 11.3 Å². The second kappa shape index (κ2) is 10.3. The molecule has 1 amide bonds. The van der Waals surface area contributed by atoms with Gasteiger partial charge in [0, 0.05) is 31.5 Å². The highest BCUT2D eigenvalue weighted by molar-refractivity contribution is 6.33. The Labute approximate surface area is 198 Å². The first kappa shape index (κ1) is 23.9. The minimum absolute atomic E-state index is 0.0724. The van der Waals surface area contributed by atoms with Crippen LogP contribution in [-0.4, -0.2) is 47.7 Å². The highest BCUT2D eigenvalue weighted by atomic mass is 35.5. The predicted molar refractivity (Wildman–Crippen MR) is 128 cm³/mol. The number of carbonyl (C=O) groups excluding carboxylic acids is 1. The Morgan fingerprint density at radius 3 is 2.97 bits per heavy atom. The summed E-state index contributed by atoms with van der Waals surface area (Å²) in [5, 5.41) is 9.65. The third-order valence-electron chi connectivity index (χ3n) is 6.25. The normalized spacial score (nSPS) is 22.5. The van der Waals surface area contributed by atoms with E-state index in [1.165, 1.54) is 12.3 Å². The molecule has 2 aliphatic heterocycles. The monoisotopic (exact) mass is 475 g/mol. The Balaban J connectivity index is 1.48. The van der Waals surface area contributed by atoms with E-state index in [-0.39, 0.29) is 23.2 Å². The van der Waals surface area contributed by atoms with Crippen LogP contribution >= 0.6 is 11.6 Å². The number of nitrogens with zero attached hydrogens (tertiary/aromatic N) is 2. The molecule has 4 rings (SSSR count). The maximum Gasteiger partial charge on any atom is 0.229 e. The zero-order valence-electron chi connectivity index (χ0n) is 19.1. The maximum absolute atomic E-state index is 14.5. The van der Waals surface area contributed by atoms with Crippen molar-refractivity contribution in [1.29, 1.82) is 0 Å². The van der Waals surface area contributed by atoms with Gasteiger partial charge in [0.25, 0.3) is 0 Å². The second-order valence-corrected chi connectivity index (χ2v) is 9.86. The minimum Gasteiger partial charge on any atom is -0.376 e. The largest absolute Gasteiger partial charge is 0.376 e. The Kier molecular flexibility index (Phi) is 7.46. The fraction of sp³-hybridized carbons (Fsp3) is 0.542. The van der Waals surface area contributed by atoms with Gasteiger partial charge in [-0.1, -0.05) is 11.6 Å². The third-order valence-corrected chi connectivity index (χ3v) is 6.55. The van der Waals surface area contributed by atoms with Gasteiger partial charge in [0.1, 0.15) is 5.82 Å². The smallest absolute Gasteiger partial charge is 0.229 e. The lowest BCUT2D eigenvalue weighted by molar-refractivity contribution is -0.120. The van der Waals surface area contributed by atoms with Crippen LogP contribution < -0.4 is 16.0 Å². The fourth-order valence-corrected chi connectivity index (χ4v) is 4.70. The molecule has 2 saturated heterocycles. The molecule has 0 aliphatic carbocycles. The number of aromatic nitrogens is 2. The van der Waals surface area contributed by atoms with Crippen molar-refractivity contribution in [3.05, 3.63) is 35.2 Å². The Morgan fingerprint density at radius 1 is 1.36 bits per heavy atom. The van der Waals surface area contributed by atoms with Crippen molar-refractivity contribution < 1.29 is 13.9 Å². The van der Waals surface area contributed by atoms with Crippen molar-refractivity contribution in [2.75, 3.05) is 36.9 Å². The van der Waals surface area contributed by atoms with E-state index in [1.54, 1.807) is 12.1 Å². The summed E-state index contributed by atoms with van der Waals surface area (Å²) < 4.78 is 20.3. The van der Waals surface area contributed by atoms with Gasteiger partial charge in [0.2, 0.25) is 5.91 Å². The SMILES string of the molecule is CC1(C)CC(CNc2nc(-c3cc(NC(=O)[C@@H]4CCCNC4)ncc3Cl)ccc2F)CCO1. The first-order valence-corrected chi connectivity index (χ1v) is 11.9. The first-order valence-electron chi connectivity index (χ1n) is 11.5. The molecule has 0 spiro atoms. The lowest BCUT2D eigenvalue weighted by atomic mass is 9.88. The first-order chi connectivity index (χ1) is 15.8. The predicted octanol–water partition coefficient (Wildman–Crippen LogP) is 4.49. The van der Waals surface area contributed by atoms with Crippen LogP contribution in [0.15, 0.2) is 24.4 Å².